The van der Waals surface area contributed by atoms with Crippen LogP contribution in [0.2, 0.25) is 0 Å². The second-order valence-electron chi connectivity index (χ2n) is 8.60. The molecule has 1 atom stereocenters. The topological polar surface area (TPSA) is 69.9 Å². The minimum atomic E-state index is -4.82. The number of aliphatic hydroxyl groups is 1. The predicted octanol–water partition coefficient (Wildman–Crippen LogP) is 5.96. The van der Waals surface area contributed by atoms with E-state index in [0.717, 1.165) is 10.9 Å². The van der Waals surface area contributed by atoms with E-state index in [1.165, 1.54) is 13.0 Å². The van der Waals surface area contributed by atoms with Gasteiger partial charge in [-0.3, -0.25) is 0 Å². The van der Waals surface area contributed by atoms with Crippen molar-refractivity contribution in [2.45, 2.75) is 46.2 Å². The first-order valence-corrected chi connectivity index (χ1v) is 11.0. The molecule has 188 valence electrons. The molecule has 1 unspecified atom stereocenters. The molecule has 0 radical (unpaired) electrons. The highest BCUT2D eigenvalue weighted by Gasteiger charge is 2.33. The number of fused-ring (bicyclic) bond motifs is 1. The first kappa shape index (κ1) is 26.2. The van der Waals surface area contributed by atoms with E-state index in [1.54, 1.807) is 43.3 Å². The Labute approximate surface area is 201 Å². The molecule has 0 amide bonds. The summed E-state index contributed by atoms with van der Waals surface area (Å²) in [6.07, 6.45) is -5.87. The summed E-state index contributed by atoms with van der Waals surface area (Å²) in [5.41, 5.74) is 2.50. The Morgan fingerprint density at radius 1 is 1.11 bits per heavy atom. The Kier molecular flexibility index (Phi) is 7.80. The summed E-state index contributed by atoms with van der Waals surface area (Å²) in [5.74, 6) is -0.422. The van der Waals surface area contributed by atoms with Gasteiger partial charge in [-0.25, -0.2) is 4.79 Å². The number of benzene rings is 2. The first-order valence-electron chi connectivity index (χ1n) is 11.0. The van der Waals surface area contributed by atoms with Gasteiger partial charge in [0, 0.05) is 28.6 Å². The number of ether oxygens (including phenoxy) is 3. The van der Waals surface area contributed by atoms with Crippen molar-refractivity contribution in [3.05, 3.63) is 60.2 Å². The quantitative estimate of drug-likeness (QED) is 0.296. The molecule has 0 fully saturated rings. The molecular formula is C26H28F3NO5. The number of carbonyl (C=O) groups is 1. The van der Waals surface area contributed by atoms with E-state index in [1.807, 2.05) is 18.4 Å². The molecular weight excluding hydrogens is 463 g/mol. The minimum Gasteiger partial charge on any atom is -0.491 e. The standard InChI is InChI=1S/C26H28F3NO5/c1-15(2)25(32)34-14-19(31)13-33-20-8-7-18-11-23(30(16(3)4)22(18)12-20)21-9-6-17(5)10-24(21)35-26(27,28)29/h6-12,16,19,31H,1,13-14H2,2-5H3. The molecule has 0 saturated heterocycles. The van der Waals surface area contributed by atoms with Crippen molar-refractivity contribution in [1.82, 2.24) is 4.57 Å². The second-order valence-corrected chi connectivity index (χ2v) is 8.60. The summed E-state index contributed by atoms with van der Waals surface area (Å²) in [6, 6.07) is 11.7. The Morgan fingerprint density at radius 2 is 1.83 bits per heavy atom. The van der Waals surface area contributed by atoms with Crippen LogP contribution in [0.4, 0.5) is 13.2 Å². The number of carbonyl (C=O) groups excluding carboxylic acids is 1. The summed E-state index contributed by atoms with van der Waals surface area (Å²) in [5, 5.41) is 10.9. The SMILES string of the molecule is C=C(C)C(=O)OCC(O)COc1ccc2cc(-c3ccc(C)cc3OC(F)(F)F)n(C(C)C)c2c1. The number of aryl methyl sites for hydroxylation is 1. The Hall–Kier alpha value is -3.46. The summed E-state index contributed by atoms with van der Waals surface area (Å²) in [4.78, 5) is 11.5. The van der Waals surface area contributed by atoms with Crippen molar-refractivity contribution in [1.29, 1.82) is 0 Å². The van der Waals surface area contributed by atoms with Gasteiger partial charge in [-0.1, -0.05) is 12.6 Å². The lowest BCUT2D eigenvalue weighted by Gasteiger charge is -2.19. The number of halogens is 3. The van der Waals surface area contributed by atoms with Crippen molar-refractivity contribution < 1.29 is 37.3 Å². The van der Waals surface area contributed by atoms with Crippen LogP contribution < -0.4 is 9.47 Å². The predicted molar refractivity (Wildman–Crippen MR) is 126 cm³/mol. The number of esters is 1. The molecule has 0 aliphatic heterocycles. The van der Waals surface area contributed by atoms with Crippen molar-refractivity contribution in [3.63, 3.8) is 0 Å². The number of aliphatic hydroxyl groups excluding tert-OH is 1. The largest absolute Gasteiger partial charge is 0.573 e. The van der Waals surface area contributed by atoms with Gasteiger partial charge in [-0.05, 0) is 63.6 Å². The molecule has 3 rings (SSSR count). The highest BCUT2D eigenvalue weighted by Crippen LogP contribution is 2.39. The van der Waals surface area contributed by atoms with Crippen LogP contribution >= 0.6 is 0 Å². The number of alkyl halides is 3. The summed E-state index contributed by atoms with van der Waals surface area (Å²) < 4.78 is 56.1. The normalized spacial score (nSPS) is 12.6. The maximum atomic E-state index is 13.1. The number of rotatable bonds is 9. The lowest BCUT2D eigenvalue weighted by Crippen LogP contribution is -2.25. The summed E-state index contributed by atoms with van der Waals surface area (Å²) >= 11 is 0. The highest BCUT2D eigenvalue weighted by atomic mass is 19.4. The molecule has 0 spiro atoms. The Balaban J connectivity index is 1.91. The van der Waals surface area contributed by atoms with Gasteiger partial charge in [0.05, 0.1) is 11.2 Å². The van der Waals surface area contributed by atoms with Gasteiger partial charge >= 0.3 is 12.3 Å². The van der Waals surface area contributed by atoms with Gasteiger partial charge in [0.15, 0.2) is 0 Å². The van der Waals surface area contributed by atoms with Crippen LogP contribution in [0.1, 0.15) is 32.4 Å². The maximum Gasteiger partial charge on any atom is 0.573 e. The molecule has 1 heterocycles. The van der Waals surface area contributed by atoms with Crippen LogP contribution in [0.25, 0.3) is 22.2 Å². The van der Waals surface area contributed by atoms with E-state index < -0.39 is 18.4 Å². The fourth-order valence-corrected chi connectivity index (χ4v) is 3.64. The van der Waals surface area contributed by atoms with E-state index in [2.05, 4.69) is 11.3 Å². The first-order chi connectivity index (χ1) is 16.4. The van der Waals surface area contributed by atoms with E-state index in [-0.39, 0.29) is 30.6 Å². The zero-order chi connectivity index (χ0) is 25.9. The monoisotopic (exact) mass is 491 g/mol. The zero-order valence-corrected chi connectivity index (χ0v) is 20.0. The van der Waals surface area contributed by atoms with Crippen LogP contribution in [0.5, 0.6) is 11.5 Å². The van der Waals surface area contributed by atoms with Crippen LogP contribution in [0.15, 0.2) is 54.6 Å². The highest BCUT2D eigenvalue weighted by molar-refractivity contribution is 5.89. The summed E-state index contributed by atoms with van der Waals surface area (Å²) in [7, 11) is 0. The fraction of sp³-hybridized carbons (Fsp3) is 0.346. The Bertz CT molecular complexity index is 1230. The minimum absolute atomic E-state index is 0.0927. The fourth-order valence-electron chi connectivity index (χ4n) is 3.64. The number of hydrogen-bond donors (Lipinski definition) is 1. The maximum absolute atomic E-state index is 13.1. The van der Waals surface area contributed by atoms with Gasteiger partial charge in [-0.2, -0.15) is 0 Å². The van der Waals surface area contributed by atoms with Crippen LogP contribution in [0.3, 0.4) is 0 Å². The molecule has 0 saturated carbocycles. The third kappa shape index (κ3) is 6.57. The molecule has 35 heavy (non-hydrogen) atoms. The van der Waals surface area contributed by atoms with Crippen molar-refractivity contribution >= 4 is 16.9 Å². The number of nitrogens with zero attached hydrogens (tertiary/aromatic N) is 1. The van der Waals surface area contributed by atoms with Gasteiger partial charge in [0.1, 0.15) is 30.8 Å². The van der Waals surface area contributed by atoms with E-state index in [4.69, 9.17) is 9.47 Å². The third-order valence-corrected chi connectivity index (χ3v) is 5.17. The van der Waals surface area contributed by atoms with Crippen LogP contribution in [-0.4, -0.2) is 41.3 Å². The molecule has 1 aromatic heterocycles. The Morgan fingerprint density at radius 3 is 2.46 bits per heavy atom. The van der Waals surface area contributed by atoms with Crippen LogP contribution in [-0.2, 0) is 9.53 Å². The molecule has 0 aliphatic carbocycles. The lowest BCUT2D eigenvalue weighted by molar-refractivity contribution is -0.274. The van der Waals surface area contributed by atoms with Gasteiger partial charge < -0.3 is 23.9 Å². The molecule has 0 aliphatic rings. The molecule has 3 aromatic rings. The second kappa shape index (κ2) is 10.4. The molecule has 6 nitrogen and oxygen atoms in total. The van der Waals surface area contributed by atoms with E-state index >= 15 is 0 Å². The zero-order valence-electron chi connectivity index (χ0n) is 20.0. The van der Waals surface area contributed by atoms with Crippen LogP contribution in [0, 0.1) is 6.92 Å². The van der Waals surface area contributed by atoms with Crippen molar-refractivity contribution in [2.75, 3.05) is 13.2 Å². The molecule has 2 aromatic carbocycles. The molecule has 0 bridgehead atoms. The molecule has 9 heteroatoms. The van der Waals surface area contributed by atoms with E-state index in [0.29, 0.717) is 22.6 Å². The average Bonchev–Trinajstić information content (AvgIpc) is 3.13. The third-order valence-electron chi connectivity index (χ3n) is 5.17. The summed E-state index contributed by atoms with van der Waals surface area (Å²) in [6.45, 7) is 10.2. The van der Waals surface area contributed by atoms with Crippen molar-refractivity contribution in [3.8, 4) is 22.8 Å². The van der Waals surface area contributed by atoms with Gasteiger partial charge in [0.25, 0.3) is 0 Å². The molecule has 1 N–H and O–H groups in total. The van der Waals surface area contributed by atoms with Gasteiger partial charge in [0.2, 0.25) is 0 Å². The average molecular weight is 492 g/mol. The van der Waals surface area contributed by atoms with Gasteiger partial charge in [-0.15, -0.1) is 13.2 Å². The van der Waals surface area contributed by atoms with E-state index in [9.17, 15) is 23.1 Å². The van der Waals surface area contributed by atoms with Crippen molar-refractivity contribution in [2.24, 2.45) is 0 Å². The number of hydrogen-bond acceptors (Lipinski definition) is 5. The lowest BCUT2D eigenvalue weighted by atomic mass is 10.1. The smallest absolute Gasteiger partial charge is 0.491 e. The number of aromatic nitrogens is 1.